The molecule has 0 atom stereocenters. The van der Waals surface area contributed by atoms with Gasteiger partial charge < -0.3 is 16.0 Å². The van der Waals surface area contributed by atoms with Gasteiger partial charge in [0.1, 0.15) is 5.82 Å². The van der Waals surface area contributed by atoms with E-state index in [-0.39, 0.29) is 29.2 Å². The van der Waals surface area contributed by atoms with E-state index in [2.05, 4.69) is 20.5 Å². The smallest absolute Gasteiger partial charge is 0.330 e. The number of nitrogens with two attached hydrogens (primary N) is 1. The molecule has 31 heavy (non-hydrogen) atoms. The van der Waals surface area contributed by atoms with Crippen molar-refractivity contribution in [1.29, 1.82) is 0 Å². The quantitative estimate of drug-likeness (QED) is 0.452. The number of carbonyl (C=O) groups is 1. The molecule has 1 fully saturated rings. The molecule has 0 saturated heterocycles. The first kappa shape index (κ1) is 23.3. The van der Waals surface area contributed by atoms with E-state index >= 15 is 0 Å². The van der Waals surface area contributed by atoms with Gasteiger partial charge in [0.15, 0.2) is 10.0 Å². The Labute approximate surface area is 188 Å². The van der Waals surface area contributed by atoms with E-state index in [1.54, 1.807) is 0 Å². The molecule has 10 nitrogen and oxygen atoms in total. The Morgan fingerprint density at radius 3 is 2.74 bits per heavy atom. The van der Waals surface area contributed by atoms with Crippen molar-refractivity contribution in [3.8, 4) is 0 Å². The number of hydrogen-bond acceptors (Lipinski definition) is 9. The highest BCUT2D eigenvalue weighted by molar-refractivity contribution is 8.01. The van der Waals surface area contributed by atoms with Crippen LogP contribution in [0.3, 0.4) is 0 Å². The molecule has 3 rings (SSSR count). The van der Waals surface area contributed by atoms with E-state index in [1.165, 1.54) is 32.6 Å². The lowest BCUT2D eigenvalue weighted by atomic mass is 10.2. The number of unbranched alkanes of at least 4 members (excludes halogenated alkanes) is 1. The van der Waals surface area contributed by atoms with Gasteiger partial charge in [-0.25, -0.2) is 4.79 Å². The zero-order chi connectivity index (χ0) is 22.4. The summed E-state index contributed by atoms with van der Waals surface area (Å²) in [4.78, 5) is 42.2. The average molecular weight is 468 g/mol. The van der Waals surface area contributed by atoms with Crippen LogP contribution < -0.4 is 27.2 Å². The largest absolute Gasteiger partial charge is 0.383 e. The van der Waals surface area contributed by atoms with Crippen molar-refractivity contribution in [2.24, 2.45) is 0 Å². The molecule has 0 unspecified atom stereocenters. The number of nitrogens with one attached hydrogen (secondary N) is 2. The number of rotatable bonds is 10. The van der Waals surface area contributed by atoms with Gasteiger partial charge in [0.05, 0.1) is 5.75 Å². The number of carbonyl (C=O) groups excluding carboxylic acids is 1. The molecule has 170 valence electrons. The first-order valence-corrected chi connectivity index (χ1v) is 12.4. The molecule has 0 spiro atoms. The van der Waals surface area contributed by atoms with Gasteiger partial charge in [-0.1, -0.05) is 49.3 Å². The normalized spacial score (nSPS) is 14.1. The van der Waals surface area contributed by atoms with Crippen molar-refractivity contribution in [2.75, 3.05) is 28.2 Å². The van der Waals surface area contributed by atoms with Crippen molar-refractivity contribution >= 4 is 45.6 Å². The SMILES string of the molecule is CCCCn1c(N)c(N(C(=O)CSc2nnc(NCC)s2)C2CCCC2)c(=O)[nH]c1=O. The summed E-state index contributed by atoms with van der Waals surface area (Å²) in [5, 5.41) is 11.9. The van der Waals surface area contributed by atoms with Crippen LogP contribution in [0.1, 0.15) is 52.4 Å². The number of nitrogens with zero attached hydrogens (tertiary/aromatic N) is 4. The maximum atomic E-state index is 13.3. The number of amides is 1. The molecule has 2 aromatic heterocycles. The minimum Gasteiger partial charge on any atom is -0.383 e. The molecule has 2 heterocycles. The van der Waals surface area contributed by atoms with Crippen LogP contribution in [-0.2, 0) is 11.3 Å². The highest BCUT2D eigenvalue weighted by Crippen LogP contribution is 2.31. The zero-order valence-corrected chi connectivity index (χ0v) is 19.5. The standard InChI is InChI=1S/C19H29N7O3S2/c1-3-5-10-25-15(20)14(16(28)22-18(25)29)26(12-8-6-7-9-12)13(27)11-30-19-24-23-17(31-19)21-4-2/h12H,3-11,20H2,1-2H3,(H,21,23)(H,22,28,29). The Morgan fingerprint density at radius 1 is 1.32 bits per heavy atom. The summed E-state index contributed by atoms with van der Waals surface area (Å²) >= 11 is 2.66. The van der Waals surface area contributed by atoms with Gasteiger partial charge in [-0.3, -0.25) is 19.1 Å². The van der Waals surface area contributed by atoms with E-state index in [1.807, 2.05) is 13.8 Å². The van der Waals surface area contributed by atoms with Gasteiger partial charge in [-0.2, -0.15) is 0 Å². The second-order valence-corrected chi connectivity index (χ2v) is 9.59. The summed E-state index contributed by atoms with van der Waals surface area (Å²) in [6, 6.07) is -0.111. The lowest BCUT2D eigenvalue weighted by molar-refractivity contribution is -0.116. The van der Waals surface area contributed by atoms with E-state index in [0.717, 1.165) is 45.1 Å². The average Bonchev–Trinajstić information content (AvgIpc) is 3.41. The molecule has 0 aromatic carbocycles. The lowest BCUT2D eigenvalue weighted by Gasteiger charge is -2.29. The van der Waals surface area contributed by atoms with Crippen LogP contribution in [0.25, 0.3) is 0 Å². The van der Waals surface area contributed by atoms with Crippen LogP contribution in [0, 0.1) is 0 Å². The fourth-order valence-electron chi connectivity index (χ4n) is 3.71. The van der Waals surface area contributed by atoms with Crippen LogP contribution in [-0.4, -0.2) is 44.0 Å². The van der Waals surface area contributed by atoms with E-state index in [0.29, 0.717) is 16.0 Å². The fourth-order valence-corrected chi connectivity index (χ4v) is 5.38. The Morgan fingerprint density at radius 2 is 2.06 bits per heavy atom. The van der Waals surface area contributed by atoms with Gasteiger partial charge >= 0.3 is 5.69 Å². The molecule has 2 aromatic rings. The third kappa shape index (κ3) is 5.48. The van der Waals surface area contributed by atoms with Crippen LogP contribution >= 0.6 is 23.1 Å². The van der Waals surface area contributed by atoms with Crippen molar-refractivity contribution in [3.63, 3.8) is 0 Å². The number of hydrogen-bond donors (Lipinski definition) is 3. The Bertz CT molecular complexity index is 1010. The van der Waals surface area contributed by atoms with Gasteiger partial charge in [-0.05, 0) is 26.2 Å². The summed E-state index contributed by atoms with van der Waals surface area (Å²) in [6.07, 6.45) is 5.18. The zero-order valence-electron chi connectivity index (χ0n) is 17.8. The predicted molar refractivity (Wildman–Crippen MR) is 125 cm³/mol. The third-order valence-corrected chi connectivity index (χ3v) is 7.20. The van der Waals surface area contributed by atoms with Crippen molar-refractivity contribution in [1.82, 2.24) is 19.7 Å². The second kappa shape index (κ2) is 10.8. The molecule has 12 heteroatoms. The number of thioether (sulfide) groups is 1. The monoisotopic (exact) mass is 467 g/mol. The molecular weight excluding hydrogens is 438 g/mol. The fraction of sp³-hybridized carbons (Fsp3) is 0.632. The summed E-state index contributed by atoms with van der Waals surface area (Å²) < 4.78 is 2.03. The lowest BCUT2D eigenvalue weighted by Crippen LogP contribution is -2.46. The van der Waals surface area contributed by atoms with Crippen molar-refractivity contribution in [3.05, 3.63) is 20.8 Å². The molecule has 1 amide bonds. The molecule has 1 aliphatic carbocycles. The second-order valence-electron chi connectivity index (χ2n) is 7.39. The van der Waals surface area contributed by atoms with Crippen LogP contribution in [0.5, 0.6) is 0 Å². The number of H-pyrrole nitrogens is 1. The first-order valence-electron chi connectivity index (χ1n) is 10.6. The Kier molecular flexibility index (Phi) is 8.13. The maximum absolute atomic E-state index is 13.3. The van der Waals surface area contributed by atoms with E-state index < -0.39 is 11.2 Å². The van der Waals surface area contributed by atoms with Crippen molar-refractivity contribution in [2.45, 2.75) is 69.3 Å². The third-order valence-electron chi connectivity index (χ3n) is 5.20. The Hall–Kier alpha value is -2.34. The topological polar surface area (TPSA) is 139 Å². The molecule has 4 N–H and O–H groups in total. The van der Waals surface area contributed by atoms with Crippen molar-refractivity contribution < 1.29 is 4.79 Å². The summed E-state index contributed by atoms with van der Waals surface area (Å²) in [5.74, 6) is -0.0719. The summed E-state index contributed by atoms with van der Waals surface area (Å²) in [5.41, 5.74) is 5.21. The molecule has 1 saturated carbocycles. The van der Waals surface area contributed by atoms with E-state index in [4.69, 9.17) is 5.73 Å². The number of nitrogen functional groups attached to an aromatic ring is 1. The van der Waals surface area contributed by atoms with Crippen LogP contribution in [0.4, 0.5) is 16.6 Å². The minimum atomic E-state index is -0.620. The van der Waals surface area contributed by atoms with Gasteiger partial charge in [0.2, 0.25) is 11.0 Å². The predicted octanol–water partition coefficient (Wildman–Crippen LogP) is 2.27. The Balaban J connectivity index is 1.89. The number of aromatic amines is 1. The summed E-state index contributed by atoms with van der Waals surface area (Å²) in [7, 11) is 0. The highest BCUT2D eigenvalue weighted by atomic mass is 32.2. The maximum Gasteiger partial charge on any atom is 0.330 e. The molecule has 0 radical (unpaired) electrons. The minimum absolute atomic E-state index is 0.0535. The van der Waals surface area contributed by atoms with Crippen LogP contribution in [0.2, 0.25) is 0 Å². The van der Waals surface area contributed by atoms with Crippen LogP contribution in [0.15, 0.2) is 13.9 Å². The van der Waals surface area contributed by atoms with E-state index in [9.17, 15) is 14.4 Å². The molecule has 0 bridgehead atoms. The molecule has 0 aliphatic heterocycles. The van der Waals surface area contributed by atoms with Gasteiger partial charge in [0.25, 0.3) is 5.56 Å². The molecular formula is C19H29N7O3S2. The molecule has 1 aliphatic rings. The highest BCUT2D eigenvalue weighted by Gasteiger charge is 2.32. The number of anilines is 3. The van der Waals surface area contributed by atoms with Gasteiger partial charge in [0, 0.05) is 19.1 Å². The first-order chi connectivity index (χ1) is 15.0. The summed E-state index contributed by atoms with van der Waals surface area (Å²) in [6.45, 7) is 5.11. The number of aromatic nitrogens is 4. The van der Waals surface area contributed by atoms with Gasteiger partial charge in [-0.15, -0.1) is 10.2 Å².